The van der Waals surface area contributed by atoms with E-state index in [0.717, 1.165) is 0 Å². The zero-order chi connectivity index (χ0) is 11.8. The topological polar surface area (TPSA) is 70.1 Å². The van der Waals surface area contributed by atoms with E-state index in [9.17, 15) is 13.2 Å². The van der Waals surface area contributed by atoms with E-state index < -0.39 is 15.5 Å². The maximum Gasteiger partial charge on any atom is 0.304 e. The lowest BCUT2D eigenvalue weighted by atomic mass is 10.1. The summed E-state index contributed by atoms with van der Waals surface area (Å²) in [6, 6.07) is 0. The third-order valence-corrected chi connectivity index (χ3v) is 4.92. The third-order valence-electron chi connectivity index (χ3n) is 2.75. The lowest BCUT2D eigenvalue weighted by Crippen LogP contribution is -2.41. The number of carbonyl (C=O) groups is 1. The molecule has 2 heterocycles. The SMILES string of the molecule is O=C(Cl)C1CCN(S(=O)(=O)N2C=NCC2)C1. The van der Waals surface area contributed by atoms with E-state index in [2.05, 4.69) is 4.99 Å². The number of halogens is 1. The van der Waals surface area contributed by atoms with Gasteiger partial charge >= 0.3 is 10.2 Å². The molecule has 0 bridgehead atoms. The van der Waals surface area contributed by atoms with Gasteiger partial charge in [0, 0.05) is 19.0 Å². The Balaban J connectivity index is 2.08. The molecule has 2 rings (SSSR count). The second-order valence-electron chi connectivity index (χ2n) is 3.79. The van der Waals surface area contributed by atoms with Crippen LogP contribution in [0.1, 0.15) is 6.42 Å². The molecule has 8 heteroatoms. The molecule has 0 saturated carbocycles. The molecule has 2 aliphatic rings. The van der Waals surface area contributed by atoms with Crippen LogP contribution in [-0.4, -0.2) is 54.8 Å². The van der Waals surface area contributed by atoms with Crippen molar-refractivity contribution in [2.45, 2.75) is 6.42 Å². The van der Waals surface area contributed by atoms with Gasteiger partial charge in [-0.2, -0.15) is 12.7 Å². The van der Waals surface area contributed by atoms with E-state index >= 15 is 0 Å². The van der Waals surface area contributed by atoms with E-state index in [1.165, 1.54) is 14.9 Å². The van der Waals surface area contributed by atoms with Crippen molar-refractivity contribution in [3.8, 4) is 0 Å². The Kier molecular flexibility index (Phi) is 3.18. The Hall–Kier alpha value is -0.660. The first-order valence-electron chi connectivity index (χ1n) is 4.98. The van der Waals surface area contributed by atoms with Crippen molar-refractivity contribution < 1.29 is 13.2 Å². The number of aliphatic imine (C=N–C) groups is 1. The summed E-state index contributed by atoms with van der Waals surface area (Å²) < 4.78 is 26.5. The van der Waals surface area contributed by atoms with E-state index in [1.54, 1.807) is 0 Å². The second-order valence-corrected chi connectivity index (χ2v) is 6.04. The summed E-state index contributed by atoms with van der Waals surface area (Å²) in [5.41, 5.74) is 0. The first kappa shape index (κ1) is 11.8. The van der Waals surface area contributed by atoms with E-state index in [1.807, 2.05) is 0 Å². The molecular formula is C8H12ClN3O3S. The molecule has 90 valence electrons. The Bertz CT molecular complexity index is 422. The van der Waals surface area contributed by atoms with Crippen molar-refractivity contribution in [3.05, 3.63) is 0 Å². The Morgan fingerprint density at radius 3 is 2.69 bits per heavy atom. The van der Waals surface area contributed by atoms with Crippen LogP contribution in [0, 0.1) is 5.92 Å². The molecule has 1 atom stereocenters. The minimum atomic E-state index is -3.50. The molecule has 16 heavy (non-hydrogen) atoms. The van der Waals surface area contributed by atoms with Crippen LogP contribution in [0.25, 0.3) is 0 Å². The van der Waals surface area contributed by atoms with Crippen LogP contribution in [0.4, 0.5) is 0 Å². The highest BCUT2D eigenvalue weighted by atomic mass is 35.5. The number of nitrogens with zero attached hydrogens (tertiary/aromatic N) is 3. The van der Waals surface area contributed by atoms with Crippen LogP contribution >= 0.6 is 11.6 Å². The first-order chi connectivity index (χ1) is 7.51. The quantitative estimate of drug-likeness (QED) is 0.656. The average molecular weight is 266 g/mol. The predicted molar refractivity (Wildman–Crippen MR) is 59.5 cm³/mol. The van der Waals surface area contributed by atoms with Gasteiger partial charge in [-0.25, -0.2) is 4.31 Å². The average Bonchev–Trinajstić information content (AvgIpc) is 2.90. The second kappa shape index (κ2) is 4.31. The van der Waals surface area contributed by atoms with Crippen molar-refractivity contribution in [1.82, 2.24) is 8.61 Å². The van der Waals surface area contributed by atoms with Crippen LogP contribution < -0.4 is 0 Å². The van der Waals surface area contributed by atoms with Crippen LogP contribution in [0.2, 0.25) is 0 Å². The molecule has 0 radical (unpaired) electrons. The number of hydrogen-bond acceptors (Lipinski definition) is 4. The van der Waals surface area contributed by atoms with E-state index in [0.29, 0.717) is 26.1 Å². The highest BCUT2D eigenvalue weighted by molar-refractivity contribution is 7.87. The number of carbonyl (C=O) groups excluding carboxylic acids is 1. The Morgan fingerprint density at radius 1 is 1.44 bits per heavy atom. The summed E-state index contributed by atoms with van der Waals surface area (Å²) in [6.45, 7) is 1.38. The Morgan fingerprint density at radius 2 is 2.19 bits per heavy atom. The largest absolute Gasteiger partial charge is 0.304 e. The fourth-order valence-corrected chi connectivity index (χ4v) is 3.49. The summed E-state index contributed by atoms with van der Waals surface area (Å²) in [7, 11) is -3.50. The summed E-state index contributed by atoms with van der Waals surface area (Å²) in [5.74, 6) is -0.379. The minimum absolute atomic E-state index is 0.176. The smallest absolute Gasteiger partial charge is 0.281 e. The van der Waals surface area contributed by atoms with Crippen molar-refractivity contribution in [1.29, 1.82) is 0 Å². The number of rotatable bonds is 3. The van der Waals surface area contributed by atoms with Crippen molar-refractivity contribution in [2.75, 3.05) is 26.2 Å². The molecule has 2 aliphatic heterocycles. The van der Waals surface area contributed by atoms with Gasteiger partial charge < -0.3 is 0 Å². The van der Waals surface area contributed by atoms with Gasteiger partial charge in [0.2, 0.25) is 5.24 Å². The van der Waals surface area contributed by atoms with Gasteiger partial charge in [-0.1, -0.05) is 0 Å². The van der Waals surface area contributed by atoms with Gasteiger partial charge in [0.15, 0.2) is 0 Å². The van der Waals surface area contributed by atoms with Gasteiger partial charge in [0.1, 0.15) is 6.34 Å². The summed E-state index contributed by atoms with van der Waals surface area (Å²) >= 11 is 5.36. The molecule has 0 amide bonds. The van der Waals surface area contributed by atoms with E-state index in [-0.39, 0.29) is 12.5 Å². The molecule has 1 saturated heterocycles. The molecule has 0 aromatic carbocycles. The van der Waals surface area contributed by atoms with Gasteiger partial charge in [0.05, 0.1) is 13.1 Å². The summed E-state index contributed by atoms with van der Waals surface area (Å²) in [4.78, 5) is 14.8. The maximum atomic E-state index is 12.0. The van der Waals surface area contributed by atoms with Crippen molar-refractivity contribution in [3.63, 3.8) is 0 Å². The van der Waals surface area contributed by atoms with E-state index in [4.69, 9.17) is 11.6 Å². The van der Waals surface area contributed by atoms with Crippen LogP contribution in [-0.2, 0) is 15.0 Å². The van der Waals surface area contributed by atoms with Crippen LogP contribution in [0.15, 0.2) is 4.99 Å². The molecule has 1 unspecified atom stereocenters. The summed E-state index contributed by atoms with van der Waals surface area (Å²) in [6.07, 6.45) is 1.82. The third kappa shape index (κ3) is 2.07. The normalized spacial score (nSPS) is 26.6. The maximum absolute atomic E-state index is 12.0. The lowest BCUT2D eigenvalue weighted by molar-refractivity contribution is -0.114. The first-order valence-corrected chi connectivity index (χ1v) is 6.75. The number of hydrogen-bond donors (Lipinski definition) is 0. The fourth-order valence-electron chi connectivity index (χ4n) is 1.81. The standard InChI is InChI=1S/C8H12ClN3O3S/c9-8(13)7-1-3-11(5-7)16(14,15)12-4-2-10-6-12/h6-7H,1-5H2. The minimum Gasteiger partial charge on any atom is -0.281 e. The van der Waals surface area contributed by atoms with Gasteiger partial charge in [-0.15, -0.1) is 0 Å². The molecule has 0 aromatic rings. The Labute approximate surface area is 99.1 Å². The predicted octanol–water partition coefficient (Wildman–Crippen LogP) is -0.338. The van der Waals surface area contributed by atoms with Crippen molar-refractivity contribution >= 4 is 33.4 Å². The summed E-state index contributed by atoms with van der Waals surface area (Å²) in [5, 5.41) is -0.465. The molecule has 6 nitrogen and oxygen atoms in total. The molecule has 0 N–H and O–H groups in total. The zero-order valence-corrected chi connectivity index (χ0v) is 10.1. The molecule has 0 spiro atoms. The fraction of sp³-hybridized carbons (Fsp3) is 0.750. The highest BCUT2D eigenvalue weighted by Crippen LogP contribution is 2.23. The van der Waals surface area contributed by atoms with Gasteiger partial charge in [0.25, 0.3) is 0 Å². The zero-order valence-electron chi connectivity index (χ0n) is 8.54. The lowest BCUT2D eigenvalue weighted by Gasteiger charge is -2.22. The molecular weight excluding hydrogens is 254 g/mol. The molecule has 1 fully saturated rings. The molecule has 0 aromatic heterocycles. The van der Waals surface area contributed by atoms with Crippen LogP contribution in [0.3, 0.4) is 0 Å². The van der Waals surface area contributed by atoms with Crippen molar-refractivity contribution in [2.24, 2.45) is 10.9 Å². The van der Waals surface area contributed by atoms with Crippen LogP contribution in [0.5, 0.6) is 0 Å². The monoisotopic (exact) mass is 265 g/mol. The van der Waals surface area contributed by atoms with Gasteiger partial charge in [-0.3, -0.25) is 9.79 Å². The molecule has 0 aliphatic carbocycles. The highest BCUT2D eigenvalue weighted by Gasteiger charge is 2.37. The van der Waals surface area contributed by atoms with Gasteiger partial charge in [-0.05, 0) is 18.0 Å².